The number of hydrogen-bond donors (Lipinski definition) is 3. The van der Waals surface area contributed by atoms with Crippen molar-refractivity contribution in [2.45, 2.75) is 49.3 Å². The zero-order valence-corrected chi connectivity index (χ0v) is 12.0. The fourth-order valence-electron chi connectivity index (χ4n) is 3.69. The van der Waals surface area contributed by atoms with E-state index in [1.165, 1.54) is 29.7 Å². The Bertz CT molecular complexity index is 479. The minimum absolute atomic E-state index is 0.0621. The first-order valence-corrected chi connectivity index (χ1v) is 8.03. The van der Waals surface area contributed by atoms with Gasteiger partial charge in [-0.3, -0.25) is 0 Å². The van der Waals surface area contributed by atoms with Crippen molar-refractivity contribution in [3.63, 3.8) is 0 Å². The van der Waals surface area contributed by atoms with Gasteiger partial charge < -0.3 is 10.3 Å². The molecule has 1 saturated heterocycles. The van der Waals surface area contributed by atoms with Gasteiger partial charge in [0.2, 0.25) is 0 Å². The number of thioether (sulfide) groups is 1. The van der Waals surface area contributed by atoms with Crippen LogP contribution in [0.15, 0.2) is 18.2 Å². The Kier molecular flexibility index (Phi) is 3.50. The standard InChI is InChI=1S/C15H21NO2S/c1-15-6-2-3-7-19-13(14(15)16-18)8-10-4-5-11(17)9-12(10)15/h4-5,9,13-14,16-18H,2-3,6-8H2,1H3/t13-,14+,15-/m1/s1. The Morgan fingerprint density at radius 3 is 3.00 bits per heavy atom. The molecule has 3 nitrogen and oxygen atoms in total. The van der Waals surface area contributed by atoms with Gasteiger partial charge in [0, 0.05) is 10.7 Å². The quantitative estimate of drug-likeness (QED) is 0.692. The molecule has 0 unspecified atom stereocenters. The summed E-state index contributed by atoms with van der Waals surface area (Å²) in [5.74, 6) is 1.50. The van der Waals surface area contributed by atoms with Crippen molar-refractivity contribution >= 4 is 11.8 Å². The number of phenolic OH excluding ortho intramolecular Hbond substituents is 1. The molecule has 1 aromatic rings. The van der Waals surface area contributed by atoms with Gasteiger partial charge in [0.1, 0.15) is 5.75 Å². The fourth-order valence-corrected chi connectivity index (χ4v) is 5.21. The molecule has 1 aromatic carbocycles. The number of hydroxylamine groups is 1. The maximum atomic E-state index is 9.80. The number of nitrogens with one attached hydrogen (secondary N) is 1. The van der Waals surface area contributed by atoms with E-state index in [0.29, 0.717) is 11.0 Å². The summed E-state index contributed by atoms with van der Waals surface area (Å²) < 4.78 is 0. The summed E-state index contributed by atoms with van der Waals surface area (Å²) in [6.07, 6.45) is 4.43. The lowest BCUT2D eigenvalue weighted by Crippen LogP contribution is -2.56. The van der Waals surface area contributed by atoms with Crippen molar-refractivity contribution in [1.29, 1.82) is 0 Å². The van der Waals surface area contributed by atoms with Crippen LogP contribution in [0.4, 0.5) is 0 Å². The molecule has 3 N–H and O–H groups in total. The predicted octanol–water partition coefficient (Wildman–Crippen LogP) is 2.84. The van der Waals surface area contributed by atoms with Crippen LogP contribution in [0, 0.1) is 0 Å². The summed E-state index contributed by atoms with van der Waals surface area (Å²) in [7, 11) is 0. The third kappa shape index (κ3) is 2.16. The van der Waals surface area contributed by atoms with Crippen molar-refractivity contribution in [1.82, 2.24) is 5.48 Å². The summed E-state index contributed by atoms with van der Waals surface area (Å²) >= 11 is 1.97. The van der Waals surface area contributed by atoms with E-state index in [1.807, 2.05) is 23.9 Å². The Hall–Kier alpha value is -0.710. The molecule has 0 aromatic heterocycles. The summed E-state index contributed by atoms with van der Waals surface area (Å²) in [4.78, 5) is 0. The second-order valence-electron chi connectivity index (χ2n) is 5.94. The Morgan fingerprint density at radius 1 is 1.37 bits per heavy atom. The maximum Gasteiger partial charge on any atom is 0.115 e. The molecule has 0 spiro atoms. The second-order valence-corrected chi connectivity index (χ2v) is 7.28. The van der Waals surface area contributed by atoms with Crippen molar-refractivity contribution in [3.05, 3.63) is 29.3 Å². The van der Waals surface area contributed by atoms with Gasteiger partial charge in [-0.15, -0.1) is 0 Å². The third-order valence-electron chi connectivity index (χ3n) is 4.75. The molecule has 19 heavy (non-hydrogen) atoms. The van der Waals surface area contributed by atoms with E-state index in [4.69, 9.17) is 0 Å². The van der Waals surface area contributed by atoms with Crippen LogP contribution in [0.1, 0.15) is 37.3 Å². The zero-order chi connectivity index (χ0) is 13.5. The average molecular weight is 279 g/mol. The Morgan fingerprint density at radius 2 is 2.21 bits per heavy atom. The van der Waals surface area contributed by atoms with Crippen LogP contribution in [0.3, 0.4) is 0 Å². The van der Waals surface area contributed by atoms with E-state index < -0.39 is 0 Å². The molecule has 0 radical (unpaired) electrons. The first-order valence-electron chi connectivity index (χ1n) is 6.99. The monoisotopic (exact) mass is 279 g/mol. The molecular weight excluding hydrogens is 258 g/mol. The molecule has 0 saturated carbocycles. The van der Waals surface area contributed by atoms with Gasteiger partial charge in [-0.1, -0.05) is 19.4 Å². The molecule has 0 amide bonds. The highest BCUT2D eigenvalue weighted by Gasteiger charge is 2.46. The topological polar surface area (TPSA) is 52.5 Å². The Balaban J connectivity index is 2.12. The van der Waals surface area contributed by atoms with Crippen molar-refractivity contribution in [2.24, 2.45) is 0 Å². The van der Waals surface area contributed by atoms with Gasteiger partial charge in [0.25, 0.3) is 0 Å². The van der Waals surface area contributed by atoms with Crippen LogP contribution in [0.25, 0.3) is 0 Å². The normalized spacial score (nSPS) is 34.2. The highest BCUT2D eigenvalue weighted by Crippen LogP contribution is 2.46. The van der Waals surface area contributed by atoms with Gasteiger partial charge >= 0.3 is 0 Å². The number of hydrogen-bond acceptors (Lipinski definition) is 4. The van der Waals surface area contributed by atoms with E-state index in [9.17, 15) is 10.3 Å². The van der Waals surface area contributed by atoms with Gasteiger partial charge in [0.05, 0.1) is 6.04 Å². The largest absolute Gasteiger partial charge is 0.508 e. The number of fused-ring (bicyclic) bond motifs is 4. The molecule has 2 aliphatic rings. The predicted molar refractivity (Wildman–Crippen MR) is 78.0 cm³/mol. The fraction of sp³-hybridized carbons (Fsp3) is 0.600. The molecule has 1 aliphatic heterocycles. The van der Waals surface area contributed by atoms with E-state index in [0.717, 1.165) is 12.8 Å². The van der Waals surface area contributed by atoms with Crippen molar-refractivity contribution in [2.75, 3.05) is 5.75 Å². The van der Waals surface area contributed by atoms with Crippen LogP contribution in [0.5, 0.6) is 5.75 Å². The summed E-state index contributed by atoms with van der Waals surface area (Å²) in [5.41, 5.74) is 5.01. The maximum absolute atomic E-state index is 9.80. The number of benzene rings is 1. The molecule has 3 rings (SSSR count). The van der Waals surface area contributed by atoms with E-state index in [-0.39, 0.29) is 11.5 Å². The zero-order valence-electron chi connectivity index (χ0n) is 11.2. The molecule has 3 atom stereocenters. The lowest BCUT2D eigenvalue weighted by molar-refractivity contribution is 0.0759. The Labute approximate surface area is 118 Å². The smallest absolute Gasteiger partial charge is 0.115 e. The van der Waals surface area contributed by atoms with Crippen molar-refractivity contribution < 1.29 is 10.3 Å². The van der Waals surface area contributed by atoms with Crippen LogP contribution >= 0.6 is 11.8 Å². The SMILES string of the molecule is C[C@@]12CCCCS[C@H](Cc3ccc(O)cc31)[C@@H]2NO. The molecule has 104 valence electrons. The van der Waals surface area contributed by atoms with Crippen LogP contribution in [0.2, 0.25) is 0 Å². The molecule has 1 aliphatic carbocycles. The molecule has 4 heteroatoms. The average Bonchev–Trinajstić information content (AvgIpc) is 2.38. The summed E-state index contributed by atoms with van der Waals surface area (Å²) in [6, 6.07) is 5.78. The van der Waals surface area contributed by atoms with E-state index >= 15 is 0 Å². The number of phenols is 1. The van der Waals surface area contributed by atoms with E-state index in [1.54, 1.807) is 6.07 Å². The van der Waals surface area contributed by atoms with E-state index in [2.05, 4.69) is 12.4 Å². The summed E-state index contributed by atoms with van der Waals surface area (Å²) in [5, 5.41) is 19.9. The van der Waals surface area contributed by atoms with Crippen LogP contribution < -0.4 is 5.48 Å². The molecule has 2 bridgehead atoms. The second kappa shape index (κ2) is 5.00. The minimum Gasteiger partial charge on any atom is -0.508 e. The summed E-state index contributed by atoms with van der Waals surface area (Å²) in [6.45, 7) is 2.22. The third-order valence-corrected chi connectivity index (χ3v) is 6.14. The van der Waals surface area contributed by atoms with Gasteiger partial charge in [-0.05, 0) is 48.3 Å². The van der Waals surface area contributed by atoms with Gasteiger partial charge in [-0.25, -0.2) is 5.48 Å². The van der Waals surface area contributed by atoms with Gasteiger partial charge in [-0.2, -0.15) is 11.8 Å². The number of aromatic hydroxyl groups is 1. The highest BCUT2D eigenvalue weighted by atomic mass is 32.2. The first-order chi connectivity index (χ1) is 9.15. The van der Waals surface area contributed by atoms with Crippen LogP contribution in [-0.2, 0) is 11.8 Å². The van der Waals surface area contributed by atoms with Crippen molar-refractivity contribution in [3.8, 4) is 5.75 Å². The van der Waals surface area contributed by atoms with Gasteiger partial charge in [0.15, 0.2) is 0 Å². The highest BCUT2D eigenvalue weighted by molar-refractivity contribution is 7.99. The molecule has 1 heterocycles. The first kappa shape index (κ1) is 13.3. The molecule has 1 fully saturated rings. The molecular formula is C15H21NO2S. The lowest BCUT2D eigenvalue weighted by atomic mass is 9.65. The van der Waals surface area contributed by atoms with Crippen LogP contribution in [-0.4, -0.2) is 27.4 Å². The number of rotatable bonds is 1. The minimum atomic E-state index is -0.0981. The lowest BCUT2D eigenvalue weighted by Gasteiger charge is -2.47.